The van der Waals surface area contributed by atoms with E-state index in [-0.39, 0.29) is 5.91 Å². The Balaban J connectivity index is 1.60. The Morgan fingerprint density at radius 3 is 2.77 bits per heavy atom. The van der Waals surface area contributed by atoms with Crippen molar-refractivity contribution >= 4 is 22.9 Å². The van der Waals surface area contributed by atoms with Crippen LogP contribution in [0.25, 0.3) is 0 Å². The van der Waals surface area contributed by atoms with Crippen LogP contribution >= 0.6 is 11.3 Å². The number of amides is 1. The Labute approximate surface area is 133 Å². The van der Waals surface area contributed by atoms with Crippen LogP contribution in [0.2, 0.25) is 0 Å². The smallest absolute Gasteiger partial charge is 0.275 e. The number of nitrogens with zero attached hydrogens (tertiary/aromatic N) is 2. The van der Waals surface area contributed by atoms with Gasteiger partial charge in [-0.2, -0.15) is 0 Å². The number of hydrogen-bond acceptors (Lipinski definition) is 5. The van der Waals surface area contributed by atoms with Crippen LogP contribution in [-0.4, -0.2) is 42.1 Å². The third-order valence-electron chi connectivity index (χ3n) is 3.56. The van der Waals surface area contributed by atoms with E-state index in [1.165, 1.54) is 16.9 Å². The molecule has 1 saturated heterocycles. The molecule has 0 spiro atoms. The second-order valence-electron chi connectivity index (χ2n) is 5.34. The maximum Gasteiger partial charge on any atom is 0.275 e. The maximum atomic E-state index is 12.2. The summed E-state index contributed by atoms with van der Waals surface area (Å²) in [6.07, 6.45) is 0. The van der Waals surface area contributed by atoms with Crippen LogP contribution in [0.5, 0.6) is 0 Å². The zero-order valence-corrected chi connectivity index (χ0v) is 13.4. The van der Waals surface area contributed by atoms with E-state index in [2.05, 4.69) is 15.2 Å². The summed E-state index contributed by atoms with van der Waals surface area (Å²) in [5.74, 6) is -0.159. The van der Waals surface area contributed by atoms with Gasteiger partial charge in [0.25, 0.3) is 5.91 Å². The molecule has 6 heteroatoms. The van der Waals surface area contributed by atoms with Crippen molar-refractivity contribution in [1.82, 2.24) is 9.88 Å². The van der Waals surface area contributed by atoms with Gasteiger partial charge in [-0.05, 0) is 19.1 Å². The zero-order valence-electron chi connectivity index (χ0n) is 12.5. The first-order valence-electron chi connectivity index (χ1n) is 7.33. The van der Waals surface area contributed by atoms with E-state index in [1.54, 1.807) is 0 Å². The van der Waals surface area contributed by atoms with Crippen LogP contribution in [-0.2, 0) is 11.3 Å². The number of benzene rings is 1. The molecule has 1 aliphatic heterocycles. The number of aryl methyl sites for hydroxylation is 1. The van der Waals surface area contributed by atoms with Crippen molar-refractivity contribution in [1.29, 1.82) is 0 Å². The van der Waals surface area contributed by atoms with Gasteiger partial charge in [0, 0.05) is 24.2 Å². The molecule has 1 aliphatic rings. The average Bonchev–Trinajstić information content (AvgIpc) is 2.99. The van der Waals surface area contributed by atoms with E-state index >= 15 is 0 Å². The number of rotatable bonds is 4. The zero-order chi connectivity index (χ0) is 15.4. The van der Waals surface area contributed by atoms with E-state index in [0.29, 0.717) is 5.69 Å². The molecule has 0 bridgehead atoms. The van der Waals surface area contributed by atoms with Crippen molar-refractivity contribution in [2.75, 3.05) is 31.6 Å². The minimum absolute atomic E-state index is 0.159. The van der Waals surface area contributed by atoms with Gasteiger partial charge in [-0.25, -0.2) is 4.98 Å². The van der Waals surface area contributed by atoms with Crippen molar-refractivity contribution in [2.24, 2.45) is 0 Å². The van der Waals surface area contributed by atoms with Crippen LogP contribution in [0.4, 0.5) is 5.69 Å². The van der Waals surface area contributed by atoms with Crippen LogP contribution in [0.3, 0.4) is 0 Å². The first-order chi connectivity index (χ1) is 10.7. The van der Waals surface area contributed by atoms with Crippen molar-refractivity contribution in [3.63, 3.8) is 0 Å². The largest absolute Gasteiger partial charge is 0.379 e. The van der Waals surface area contributed by atoms with Crippen LogP contribution in [0, 0.1) is 6.92 Å². The Bertz CT molecular complexity index is 633. The Kier molecular flexibility index (Phi) is 4.82. The summed E-state index contributed by atoms with van der Waals surface area (Å²) >= 11 is 1.53. The lowest BCUT2D eigenvalue weighted by molar-refractivity contribution is 0.0341. The molecule has 1 N–H and O–H groups in total. The summed E-state index contributed by atoms with van der Waals surface area (Å²) < 4.78 is 5.33. The van der Waals surface area contributed by atoms with Crippen molar-refractivity contribution in [3.8, 4) is 0 Å². The average molecular weight is 317 g/mol. The standard InChI is InChI=1S/C16H19N3O2S/c1-12-2-4-13(5-3-12)17-16(20)14-11-22-15(18-14)10-19-6-8-21-9-7-19/h2-5,11H,6-10H2,1H3,(H,17,20). The molecule has 0 aliphatic carbocycles. The van der Waals surface area contributed by atoms with Gasteiger partial charge in [-0.1, -0.05) is 17.7 Å². The van der Waals surface area contributed by atoms with E-state index in [4.69, 9.17) is 4.74 Å². The van der Waals surface area contributed by atoms with Crippen molar-refractivity contribution < 1.29 is 9.53 Å². The highest BCUT2D eigenvalue weighted by atomic mass is 32.1. The summed E-state index contributed by atoms with van der Waals surface area (Å²) in [4.78, 5) is 18.9. The lowest BCUT2D eigenvalue weighted by Gasteiger charge is -2.25. The van der Waals surface area contributed by atoms with E-state index in [1.807, 2.05) is 36.6 Å². The van der Waals surface area contributed by atoms with Gasteiger partial charge in [0.15, 0.2) is 0 Å². The summed E-state index contributed by atoms with van der Waals surface area (Å²) in [6.45, 7) is 6.18. The second kappa shape index (κ2) is 7.00. The number of ether oxygens (including phenoxy) is 1. The lowest BCUT2D eigenvalue weighted by Crippen LogP contribution is -2.35. The summed E-state index contributed by atoms with van der Waals surface area (Å²) in [6, 6.07) is 7.74. The third-order valence-corrected chi connectivity index (χ3v) is 4.39. The number of nitrogens with one attached hydrogen (secondary N) is 1. The van der Waals surface area contributed by atoms with Gasteiger partial charge in [-0.15, -0.1) is 11.3 Å². The topological polar surface area (TPSA) is 54.5 Å². The fourth-order valence-corrected chi connectivity index (χ4v) is 3.09. The highest BCUT2D eigenvalue weighted by molar-refractivity contribution is 7.09. The van der Waals surface area contributed by atoms with E-state index in [0.717, 1.165) is 43.5 Å². The number of morpholine rings is 1. The highest BCUT2D eigenvalue weighted by Crippen LogP contribution is 2.15. The van der Waals surface area contributed by atoms with E-state index < -0.39 is 0 Å². The minimum atomic E-state index is -0.159. The Hall–Kier alpha value is -1.76. The molecular formula is C16H19N3O2S. The van der Waals surface area contributed by atoms with E-state index in [9.17, 15) is 4.79 Å². The fourth-order valence-electron chi connectivity index (χ4n) is 2.27. The van der Waals surface area contributed by atoms with Gasteiger partial charge in [0.1, 0.15) is 10.7 Å². The molecular weight excluding hydrogens is 298 g/mol. The number of aromatic nitrogens is 1. The van der Waals surface area contributed by atoms with Crippen molar-refractivity contribution in [2.45, 2.75) is 13.5 Å². The summed E-state index contributed by atoms with van der Waals surface area (Å²) in [7, 11) is 0. The first-order valence-corrected chi connectivity index (χ1v) is 8.21. The number of hydrogen-bond donors (Lipinski definition) is 1. The Morgan fingerprint density at radius 2 is 2.05 bits per heavy atom. The predicted molar refractivity (Wildman–Crippen MR) is 87.3 cm³/mol. The normalized spacial score (nSPS) is 15.7. The monoisotopic (exact) mass is 317 g/mol. The molecule has 1 amide bonds. The number of carbonyl (C=O) groups excluding carboxylic acids is 1. The molecule has 22 heavy (non-hydrogen) atoms. The fraction of sp³-hybridized carbons (Fsp3) is 0.375. The molecule has 0 unspecified atom stereocenters. The summed E-state index contributed by atoms with van der Waals surface area (Å²) in [5.41, 5.74) is 2.44. The first kappa shape index (κ1) is 15.1. The number of carbonyl (C=O) groups is 1. The van der Waals surface area contributed by atoms with Crippen LogP contribution < -0.4 is 5.32 Å². The van der Waals surface area contributed by atoms with Crippen LogP contribution in [0.1, 0.15) is 21.1 Å². The summed E-state index contributed by atoms with van der Waals surface area (Å²) in [5, 5.41) is 5.66. The molecule has 2 aromatic rings. The van der Waals surface area contributed by atoms with Gasteiger partial charge >= 0.3 is 0 Å². The molecule has 0 atom stereocenters. The molecule has 0 radical (unpaired) electrons. The molecule has 1 aromatic heterocycles. The quantitative estimate of drug-likeness (QED) is 0.941. The maximum absolute atomic E-state index is 12.2. The molecule has 0 saturated carbocycles. The third kappa shape index (κ3) is 3.91. The predicted octanol–water partition coefficient (Wildman–Crippen LogP) is 2.54. The minimum Gasteiger partial charge on any atom is -0.379 e. The molecule has 116 valence electrons. The van der Waals surface area contributed by atoms with Gasteiger partial charge in [-0.3, -0.25) is 9.69 Å². The van der Waals surface area contributed by atoms with Gasteiger partial charge in [0.05, 0.1) is 19.8 Å². The van der Waals surface area contributed by atoms with Crippen molar-refractivity contribution in [3.05, 3.63) is 45.9 Å². The van der Waals surface area contributed by atoms with Gasteiger partial charge < -0.3 is 10.1 Å². The van der Waals surface area contributed by atoms with Gasteiger partial charge in [0.2, 0.25) is 0 Å². The number of thiazole rings is 1. The molecule has 2 heterocycles. The molecule has 5 nitrogen and oxygen atoms in total. The number of anilines is 1. The second-order valence-corrected chi connectivity index (χ2v) is 6.28. The highest BCUT2D eigenvalue weighted by Gasteiger charge is 2.15. The molecule has 3 rings (SSSR count). The SMILES string of the molecule is Cc1ccc(NC(=O)c2csc(CN3CCOCC3)n2)cc1. The Morgan fingerprint density at radius 1 is 1.32 bits per heavy atom. The van der Waals surface area contributed by atoms with Crippen LogP contribution in [0.15, 0.2) is 29.6 Å². The molecule has 1 aromatic carbocycles. The lowest BCUT2D eigenvalue weighted by atomic mass is 10.2. The molecule has 1 fully saturated rings.